The van der Waals surface area contributed by atoms with E-state index < -0.39 is 0 Å². The van der Waals surface area contributed by atoms with Crippen LogP contribution in [-0.2, 0) is 4.74 Å². The maximum atomic E-state index is 11.9. The highest BCUT2D eigenvalue weighted by Crippen LogP contribution is 2.21. The minimum atomic E-state index is -0.285. The minimum absolute atomic E-state index is 0.285. The topological polar surface area (TPSA) is 68.1 Å². The Morgan fingerprint density at radius 1 is 1.44 bits per heavy atom. The molecule has 0 bridgehead atoms. The summed E-state index contributed by atoms with van der Waals surface area (Å²) in [5.41, 5.74) is 7.77. The first-order chi connectivity index (χ1) is 8.58. The molecular formula is C14H18N2O2. The van der Waals surface area contributed by atoms with Crippen LogP contribution in [0.4, 0.5) is 5.69 Å². The molecule has 4 heteroatoms. The predicted molar refractivity (Wildman–Crippen MR) is 72.4 cm³/mol. The third-order valence-corrected chi connectivity index (χ3v) is 2.85. The number of hydrogen-bond acceptors (Lipinski definition) is 3. The number of aromatic amines is 1. The highest BCUT2D eigenvalue weighted by Gasteiger charge is 2.13. The Hall–Kier alpha value is -1.97. The zero-order chi connectivity index (χ0) is 13.1. The molecule has 0 aliphatic rings. The number of esters is 1. The molecule has 0 fully saturated rings. The fourth-order valence-corrected chi connectivity index (χ4v) is 1.78. The normalized spacial score (nSPS) is 11.1. The summed E-state index contributed by atoms with van der Waals surface area (Å²) in [6.07, 6.45) is 2.54. The highest BCUT2D eigenvalue weighted by atomic mass is 16.5. The van der Waals surface area contributed by atoms with E-state index >= 15 is 0 Å². The number of ether oxygens (including phenoxy) is 1. The van der Waals surface area contributed by atoms with E-state index in [1.165, 1.54) is 0 Å². The van der Waals surface area contributed by atoms with Crippen LogP contribution in [0.3, 0.4) is 0 Å². The first-order valence-corrected chi connectivity index (χ1v) is 6.11. The number of H-pyrrole nitrogens is 1. The summed E-state index contributed by atoms with van der Waals surface area (Å²) in [7, 11) is 0. The molecule has 18 heavy (non-hydrogen) atoms. The molecule has 0 saturated heterocycles. The van der Waals surface area contributed by atoms with Crippen LogP contribution < -0.4 is 5.73 Å². The first kappa shape index (κ1) is 12.5. The Morgan fingerprint density at radius 2 is 2.22 bits per heavy atom. The number of fused-ring (bicyclic) bond motifs is 1. The van der Waals surface area contributed by atoms with Gasteiger partial charge in [0.1, 0.15) is 0 Å². The molecule has 3 N–H and O–H groups in total. The van der Waals surface area contributed by atoms with Crippen molar-refractivity contribution in [2.24, 2.45) is 5.92 Å². The van der Waals surface area contributed by atoms with E-state index in [4.69, 9.17) is 10.5 Å². The molecule has 0 saturated carbocycles. The van der Waals surface area contributed by atoms with Gasteiger partial charge in [-0.1, -0.05) is 13.8 Å². The zero-order valence-corrected chi connectivity index (χ0v) is 10.7. The van der Waals surface area contributed by atoms with Crippen LogP contribution in [0, 0.1) is 5.92 Å². The van der Waals surface area contributed by atoms with E-state index in [2.05, 4.69) is 18.8 Å². The van der Waals surface area contributed by atoms with Gasteiger partial charge in [0, 0.05) is 22.8 Å². The van der Waals surface area contributed by atoms with Crippen molar-refractivity contribution in [1.82, 2.24) is 4.98 Å². The lowest BCUT2D eigenvalue weighted by Gasteiger charge is -2.06. The van der Waals surface area contributed by atoms with Crippen molar-refractivity contribution in [2.45, 2.75) is 20.3 Å². The Bertz CT molecular complexity index is 558. The summed E-state index contributed by atoms with van der Waals surface area (Å²) < 4.78 is 5.25. The van der Waals surface area contributed by atoms with E-state index in [0.29, 0.717) is 23.8 Å². The van der Waals surface area contributed by atoms with Crippen molar-refractivity contribution in [3.05, 3.63) is 30.0 Å². The van der Waals surface area contributed by atoms with Crippen LogP contribution in [-0.4, -0.2) is 17.6 Å². The lowest BCUT2D eigenvalue weighted by molar-refractivity contribution is 0.0490. The van der Waals surface area contributed by atoms with Gasteiger partial charge in [0.25, 0.3) is 0 Å². The molecule has 96 valence electrons. The van der Waals surface area contributed by atoms with Crippen molar-refractivity contribution >= 4 is 22.6 Å². The Labute approximate surface area is 106 Å². The van der Waals surface area contributed by atoms with E-state index in [-0.39, 0.29) is 5.97 Å². The van der Waals surface area contributed by atoms with E-state index in [1.807, 2.05) is 6.07 Å². The Morgan fingerprint density at radius 3 is 2.94 bits per heavy atom. The van der Waals surface area contributed by atoms with Crippen LogP contribution in [0.25, 0.3) is 10.9 Å². The second kappa shape index (κ2) is 5.12. The molecule has 0 unspecified atom stereocenters. The number of benzene rings is 1. The molecule has 2 aromatic rings. The molecule has 0 spiro atoms. The van der Waals surface area contributed by atoms with Gasteiger partial charge in [0.15, 0.2) is 0 Å². The molecule has 1 heterocycles. The fourth-order valence-electron chi connectivity index (χ4n) is 1.78. The molecule has 0 aliphatic heterocycles. The largest absolute Gasteiger partial charge is 0.462 e. The quantitative estimate of drug-likeness (QED) is 0.643. The Balaban J connectivity index is 2.13. The smallest absolute Gasteiger partial charge is 0.340 e. The number of carbonyl (C=O) groups is 1. The minimum Gasteiger partial charge on any atom is -0.462 e. The van der Waals surface area contributed by atoms with Crippen molar-refractivity contribution in [3.8, 4) is 0 Å². The van der Waals surface area contributed by atoms with Gasteiger partial charge < -0.3 is 15.5 Å². The number of hydrogen-bond donors (Lipinski definition) is 2. The molecule has 0 aliphatic carbocycles. The maximum Gasteiger partial charge on any atom is 0.340 e. The van der Waals surface area contributed by atoms with Crippen LogP contribution in [0.1, 0.15) is 30.6 Å². The van der Waals surface area contributed by atoms with E-state index in [0.717, 1.165) is 17.3 Å². The summed E-state index contributed by atoms with van der Waals surface area (Å²) >= 11 is 0. The lowest BCUT2D eigenvalue weighted by atomic mass is 10.1. The summed E-state index contributed by atoms with van der Waals surface area (Å²) in [5, 5.41) is 0.846. The highest BCUT2D eigenvalue weighted by molar-refractivity contribution is 6.04. The monoisotopic (exact) mass is 246 g/mol. The number of nitrogens with two attached hydrogens (primary N) is 1. The molecule has 4 nitrogen and oxygen atoms in total. The fraction of sp³-hybridized carbons (Fsp3) is 0.357. The SMILES string of the molecule is CC(C)CCOC(=O)c1c[nH]c2cc(N)ccc12. The van der Waals surface area contributed by atoms with Gasteiger partial charge in [0.05, 0.1) is 12.2 Å². The van der Waals surface area contributed by atoms with Gasteiger partial charge >= 0.3 is 5.97 Å². The standard InChI is InChI=1S/C14H18N2O2/c1-9(2)5-6-18-14(17)12-8-16-13-7-10(15)3-4-11(12)13/h3-4,7-9,16H,5-6,15H2,1-2H3. The number of carbonyl (C=O) groups excluding carboxylic acids is 1. The van der Waals surface area contributed by atoms with Gasteiger partial charge in [-0.15, -0.1) is 0 Å². The number of rotatable bonds is 4. The second-order valence-corrected chi connectivity index (χ2v) is 4.83. The van der Waals surface area contributed by atoms with Crippen LogP contribution >= 0.6 is 0 Å². The van der Waals surface area contributed by atoms with Crippen molar-refractivity contribution in [3.63, 3.8) is 0 Å². The van der Waals surface area contributed by atoms with Crippen molar-refractivity contribution in [1.29, 1.82) is 0 Å². The van der Waals surface area contributed by atoms with Crippen LogP contribution in [0.15, 0.2) is 24.4 Å². The van der Waals surface area contributed by atoms with Crippen molar-refractivity contribution in [2.75, 3.05) is 12.3 Å². The lowest BCUT2D eigenvalue weighted by Crippen LogP contribution is -2.07. The molecule has 1 aromatic carbocycles. The van der Waals surface area contributed by atoms with Gasteiger partial charge in [-0.25, -0.2) is 4.79 Å². The molecule has 0 atom stereocenters. The molecule has 0 amide bonds. The molecule has 0 radical (unpaired) electrons. The Kier molecular flexibility index (Phi) is 3.55. The van der Waals surface area contributed by atoms with Crippen LogP contribution in [0.5, 0.6) is 0 Å². The first-order valence-electron chi connectivity index (χ1n) is 6.11. The average Bonchev–Trinajstić information content (AvgIpc) is 2.71. The van der Waals surface area contributed by atoms with Gasteiger partial charge in [-0.3, -0.25) is 0 Å². The van der Waals surface area contributed by atoms with E-state index in [1.54, 1.807) is 18.3 Å². The third kappa shape index (κ3) is 2.64. The van der Waals surface area contributed by atoms with E-state index in [9.17, 15) is 4.79 Å². The summed E-state index contributed by atoms with van der Waals surface area (Å²) in [6.45, 7) is 4.66. The summed E-state index contributed by atoms with van der Waals surface area (Å²) in [6, 6.07) is 5.42. The molecule has 1 aromatic heterocycles. The molecular weight excluding hydrogens is 228 g/mol. The van der Waals surface area contributed by atoms with Crippen molar-refractivity contribution < 1.29 is 9.53 Å². The van der Waals surface area contributed by atoms with Crippen LogP contribution in [0.2, 0.25) is 0 Å². The van der Waals surface area contributed by atoms with Gasteiger partial charge in [-0.2, -0.15) is 0 Å². The number of nitrogen functional groups attached to an aromatic ring is 1. The number of nitrogens with one attached hydrogen (secondary N) is 1. The predicted octanol–water partition coefficient (Wildman–Crippen LogP) is 2.95. The number of anilines is 1. The third-order valence-electron chi connectivity index (χ3n) is 2.85. The van der Waals surface area contributed by atoms with Gasteiger partial charge in [0.2, 0.25) is 0 Å². The summed E-state index contributed by atoms with van der Waals surface area (Å²) in [5.74, 6) is 0.243. The number of aromatic nitrogens is 1. The second-order valence-electron chi connectivity index (χ2n) is 4.83. The molecule has 2 rings (SSSR count). The average molecular weight is 246 g/mol. The summed E-state index contributed by atoms with van der Waals surface area (Å²) in [4.78, 5) is 14.9. The van der Waals surface area contributed by atoms with Gasteiger partial charge in [-0.05, 0) is 30.5 Å². The zero-order valence-electron chi connectivity index (χ0n) is 10.7. The maximum absolute atomic E-state index is 11.9.